The van der Waals surface area contributed by atoms with Crippen LogP contribution in [-0.4, -0.2) is 41.5 Å². The molecule has 4 saturated heterocycles. The Balaban J connectivity index is 0.000000187. The van der Waals surface area contributed by atoms with Crippen LogP contribution in [-0.2, 0) is 36.9 Å². The molecule has 0 amide bonds. The van der Waals surface area contributed by atoms with E-state index in [-0.39, 0.29) is 34.9 Å². The fraction of sp³-hybridized carbons (Fsp3) is 1.00. The number of fused-ring (bicyclic) bond motifs is 3. The van der Waals surface area contributed by atoms with E-state index in [0.29, 0.717) is 19.8 Å². The first-order valence-corrected chi connectivity index (χ1v) is 11.4. The first kappa shape index (κ1) is 22.3. The minimum Gasteiger partial charge on any atom is -0.286 e. The number of hydrogen-bond acceptors (Lipinski definition) is 8. The SMILES string of the molecule is CC(C)(C)C1(C)COS(=O)(=O)OC1.CC(C)(C)C12COP(=O)(OC1)OC2. The molecule has 154 valence electrons. The van der Waals surface area contributed by atoms with E-state index in [1.807, 2.05) is 27.7 Å². The van der Waals surface area contributed by atoms with E-state index in [4.69, 9.17) is 13.6 Å². The van der Waals surface area contributed by atoms with Gasteiger partial charge in [0.1, 0.15) is 0 Å². The maximum Gasteiger partial charge on any atom is 0.474 e. The van der Waals surface area contributed by atoms with Crippen molar-refractivity contribution in [3.8, 4) is 0 Å². The quantitative estimate of drug-likeness (QED) is 0.555. The minimum absolute atomic E-state index is 0.0387. The Morgan fingerprint density at radius 3 is 1.46 bits per heavy atom. The molecule has 4 heterocycles. The summed E-state index contributed by atoms with van der Waals surface area (Å²) in [5.74, 6) is 0. The summed E-state index contributed by atoms with van der Waals surface area (Å²) in [5, 5.41) is 0. The molecule has 4 rings (SSSR count). The van der Waals surface area contributed by atoms with E-state index in [9.17, 15) is 13.0 Å². The number of phosphoric ester groups is 1. The van der Waals surface area contributed by atoms with Gasteiger partial charge in [-0.15, -0.1) is 0 Å². The van der Waals surface area contributed by atoms with Crippen molar-refractivity contribution in [3.05, 3.63) is 0 Å². The van der Waals surface area contributed by atoms with Crippen molar-refractivity contribution >= 4 is 18.2 Å². The highest BCUT2D eigenvalue weighted by atomic mass is 32.3. The van der Waals surface area contributed by atoms with Crippen LogP contribution >= 0.6 is 7.82 Å². The zero-order chi connectivity index (χ0) is 20.1. The van der Waals surface area contributed by atoms with Crippen molar-refractivity contribution in [3.63, 3.8) is 0 Å². The second-order valence-corrected chi connectivity index (χ2v) is 12.5. The Morgan fingerprint density at radius 2 is 1.15 bits per heavy atom. The van der Waals surface area contributed by atoms with Gasteiger partial charge in [-0.2, -0.15) is 8.42 Å². The molecule has 0 spiro atoms. The Morgan fingerprint density at radius 1 is 0.769 bits per heavy atom. The lowest BCUT2D eigenvalue weighted by molar-refractivity contribution is -0.143. The highest BCUT2D eigenvalue weighted by Crippen LogP contribution is 2.63. The largest absolute Gasteiger partial charge is 0.474 e. The summed E-state index contributed by atoms with van der Waals surface area (Å²) in [6, 6.07) is 0. The smallest absolute Gasteiger partial charge is 0.286 e. The monoisotopic (exact) mass is 414 g/mol. The van der Waals surface area contributed by atoms with Gasteiger partial charge >= 0.3 is 18.2 Å². The minimum atomic E-state index is -3.71. The fourth-order valence-corrected chi connectivity index (χ4v) is 4.72. The molecule has 0 aromatic heterocycles. The van der Waals surface area contributed by atoms with Crippen molar-refractivity contribution in [2.24, 2.45) is 21.7 Å². The van der Waals surface area contributed by atoms with E-state index < -0.39 is 18.2 Å². The van der Waals surface area contributed by atoms with Crippen molar-refractivity contribution in [1.29, 1.82) is 0 Å². The van der Waals surface area contributed by atoms with Crippen molar-refractivity contribution < 1.29 is 34.9 Å². The molecule has 0 N–H and O–H groups in total. The predicted octanol–water partition coefficient (Wildman–Crippen LogP) is 3.53. The third kappa shape index (κ3) is 4.51. The van der Waals surface area contributed by atoms with E-state index in [0.717, 1.165) is 0 Å². The predicted molar refractivity (Wildman–Crippen MR) is 95.7 cm³/mol. The normalized spacial score (nSPS) is 36.1. The van der Waals surface area contributed by atoms with E-state index in [1.165, 1.54) is 0 Å². The summed E-state index contributed by atoms with van der Waals surface area (Å²) < 4.78 is 57.7. The number of rotatable bonds is 0. The molecule has 0 atom stereocenters. The van der Waals surface area contributed by atoms with E-state index in [1.54, 1.807) is 0 Å². The molecule has 0 aliphatic carbocycles. The molecule has 2 bridgehead atoms. The van der Waals surface area contributed by atoms with Crippen LogP contribution in [0.3, 0.4) is 0 Å². The molecule has 0 saturated carbocycles. The van der Waals surface area contributed by atoms with Gasteiger partial charge in [0.25, 0.3) is 0 Å². The van der Waals surface area contributed by atoms with Crippen LogP contribution in [0.15, 0.2) is 0 Å². The first-order valence-electron chi connectivity index (χ1n) is 8.61. The average molecular weight is 414 g/mol. The van der Waals surface area contributed by atoms with Crippen LogP contribution in [0, 0.1) is 21.7 Å². The van der Waals surface area contributed by atoms with Gasteiger partial charge in [0.05, 0.1) is 33.0 Å². The Bertz CT molecular complexity index is 628. The molecule has 0 aromatic rings. The lowest BCUT2D eigenvalue weighted by Gasteiger charge is -2.51. The molecule has 4 aliphatic rings. The molecular weight excluding hydrogens is 383 g/mol. The number of phosphoric acid groups is 1. The summed E-state index contributed by atoms with van der Waals surface area (Å²) in [6.45, 7) is 16.3. The Kier molecular flexibility index (Phi) is 5.82. The van der Waals surface area contributed by atoms with Gasteiger partial charge in [-0.25, -0.2) is 12.9 Å². The summed E-state index contributed by atoms with van der Waals surface area (Å²) in [6.07, 6.45) is 0. The first-order chi connectivity index (χ1) is 11.5. The lowest BCUT2D eigenvalue weighted by Crippen LogP contribution is -2.52. The molecule has 0 aromatic carbocycles. The molecule has 0 radical (unpaired) electrons. The Labute approximate surface area is 156 Å². The van der Waals surface area contributed by atoms with Gasteiger partial charge in [0, 0.05) is 10.8 Å². The summed E-state index contributed by atoms with van der Waals surface area (Å²) in [4.78, 5) is 0. The van der Waals surface area contributed by atoms with Crippen molar-refractivity contribution in [1.82, 2.24) is 0 Å². The van der Waals surface area contributed by atoms with Crippen LogP contribution in [0.25, 0.3) is 0 Å². The topological polar surface area (TPSA) is 97.4 Å². The number of hydrogen-bond donors (Lipinski definition) is 0. The highest BCUT2D eigenvalue weighted by molar-refractivity contribution is 7.81. The molecule has 8 nitrogen and oxygen atoms in total. The van der Waals surface area contributed by atoms with Crippen molar-refractivity contribution in [2.45, 2.75) is 48.5 Å². The van der Waals surface area contributed by atoms with Crippen molar-refractivity contribution in [2.75, 3.05) is 33.0 Å². The summed E-state index contributed by atoms with van der Waals surface area (Å²) >= 11 is 0. The average Bonchev–Trinajstić information content (AvgIpc) is 2.50. The van der Waals surface area contributed by atoms with Crippen LogP contribution in [0.2, 0.25) is 0 Å². The van der Waals surface area contributed by atoms with Gasteiger partial charge in [0.2, 0.25) is 0 Å². The van der Waals surface area contributed by atoms with Crippen LogP contribution in [0.5, 0.6) is 0 Å². The standard InChI is InChI=1S/C8H15O4P.C8H16O4S/c1-7(2,3)8-4-10-13(9,11-5-8)12-6-8;1-7(2,3)8(4)5-11-13(9,10)12-6-8/h4-6H2,1-3H3;5-6H2,1-4H3. The Hall–Kier alpha value is -0.0200. The van der Waals surface area contributed by atoms with Gasteiger partial charge < -0.3 is 0 Å². The van der Waals surface area contributed by atoms with Crippen LogP contribution in [0.4, 0.5) is 0 Å². The summed E-state index contributed by atoms with van der Waals surface area (Å²) in [5.41, 5.74) is -0.390. The summed E-state index contributed by atoms with van der Waals surface area (Å²) in [7, 11) is -6.85. The second kappa shape index (κ2) is 6.79. The van der Waals surface area contributed by atoms with Gasteiger partial charge in [-0.05, 0) is 10.8 Å². The maximum absolute atomic E-state index is 11.4. The van der Waals surface area contributed by atoms with E-state index >= 15 is 0 Å². The van der Waals surface area contributed by atoms with E-state index in [2.05, 4.69) is 29.1 Å². The zero-order valence-corrected chi connectivity index (χ0v) is 18.4. The molecule has 4 aliphatic heterocycles. The molecular formula is C16H31O8PS. The van der Waals surface area contributed by atoms with Crippen LogP contribution < -0.4 is 0 Å². The lowest BCUT2D eigenvalue weighted by atomic mass is 9.68. The molecule has 10 heteroatoms. The third-order valence-electron chi connectivity index (χ3n) is 5.94. The second-order valence-electron chi connectivity index (χ2n) is 9.54. The zero-order valence-electron chi connectivity index (χ0n) is 16.7. The van der Waals surface area contributed by atoms with Gasteiger partial charge in [0.15, 0.2) is 0 Å². The maximum atomic E-state index is 11.4. The molecule has 4 fully saturated rings. The fourth-order valence-electron chi connectivity index (χ4n) is 2.41. The van der Waals surface area contributed by atoms with Gasteiger partial charge in [-0.1, -0.05) is 48.5 Å². The third-order valence-corrected chi connectivity index (χ3v) is 8.09. The molecule has 0 unspecified atom stereocenters. The highest BCUT2D eigenvalue weighted by Gasteiger charge is 2.55. The van der Waals surface area contributed by atoms with Gasteiger partial charge in [-0.3, -0.25) is 13.6 Å². The van der Waals surface area contributed by atoms with Crippen LogP contribution in [0.1, 0.15) is 48.5 Å². The molecule has 26 heavy (non-hydrogen) atoms.